The summed E-state index contributed by atoms with van der Waals surface area (Å²) in [7, 11) is 0. The second-order valence-electron chi connectivity index (χ2n) is 8.14. The van der Waals surface area contributed by atoms with Crippen LogP contribution in [0.2, 0.25) is 0 Å². The Hall–Kier alpha value is -3.40. The van der Waals surface area contributed by atoms with Crippen molar-refractivity contribution in [3.8, 4) is 0 Å². The highest BCUT2D eigenvalue weighted by Crippen LogP contribution is 2.41. The van der Waals surface area contributed by atoms with Gasteiger partial charge in [0, 0.05) is 16.6 Å². The molecule has 1 aliphatic heterocycles. The van der Waals surface area contributed by atoms with Gasteiger partial charge in [0.2, 0.25) is 0 Å². The number of halogens is 6. The van der Waals surface area contributed by atoms with Crippen LogP contribution in [-0.4, -0.2) is 11.4 Å². The average Bonchev–Trinajstić information content (AvgIpc) is 3.14. The van der Waals surface area contributed by atoms with Gasteiger partial charge in [-0.25, -0.2) is 0 Å². The number of hydrogen-bond donors (Lipinski definition) is 1. The Kier molecular flexibility index (Phi) is 7.08. The molecular weight excluding hydrogens is 502 g/mol. The molecule has 1 N–H and O–H groups in total. The van der Waals surface area contributed by atoms with Crippen LogP contribution in [0.1, 0.15) is 35.7 Å². The Labute approximate surface area is 207 Å². The first-order valence-corrected chi connectivity index (χ1v) is 11.6. The summed E-state index contributed by atoms with van der Waals surface area (Å²) in [5.74, 6) is -0.503. The minimum Gasteiger partial charge on any atom is -0.374 e. The monoisotopic (exact) mass is 522 g/mol. The number of anilines is 1. The summed E-state index contributed by atoms with van der Waals surface area (Å²) < 4.78 is 78.0. The Morgan fingerprint density at radius 2 is 1.56 bits per heavy atom. The molecule has 1 unspecified atom stereocenters. The number of nitrogens with one attached hydrogen (secondary N) is 1. The highest BCUT2D eigenvalue weighted by atomic mass is 32.2. The van der Waals surface area contributed by atoms with E-state index in [1.165, 1.54) is 35.2 Å². The van der Waals surface area contributed by atoms with E-state index in [1.807, 2.05) is 37.3 Å². The second-order valence-corrected chi connectivity index (χ2v) is 9.28. The van der Waals surface area contributed by atoms with Gasteiger partial charge in [0.15, 0.2) is 0 Å². The van der Waals surface area contributed by atoms with E-state index < -0.39 is 29.2 Å². The number of carbonyl (C=O) groups is 1. The van der Waals surface area contributed by atoms with Crippen LogP contribution in [0.15, 0.2) is 95.5 Å². The van der Waals surface area contributed by atoms with Gasteiger partial charge in [0.25, 0.3) is 5.91 Å². The number of nitrogens with zero attached hydrogens (tertiary/aromatic N) is 1. The molecule has 188 valence electrons. The van der Waals surface area contributed by atoms with Crippen LogP contribution in [0.5, 0.6) is 0 Å². The van der Waals surface area contributed by atoms with E-state index in [1.54, 1.807) is 12.1 Å². The van der Waals surface area contributed by atoms with E-state index in [0.29, 0.717) is 5.56 Å². The largest absolute Gasteiger partial charge is 0.446 e. The SMILES string of the molecule is C[C@@H](NC1=CC(c2cccc(SC(F)(F)F)c2)N(c2ccc(C(F)(F)F)cc2)C1=O)c1ccccc1. The molecule has 0 saturated heterocycles. The molecule has 3 aromatic rings. The van der Waals surface area contributed by atoms with Gasteiger partial charge in [-0.05, 0) is 72.3 Å². The molecule has 2 atom stereocenters. The predicted octanol–water partition coefficient (Wildman–Crippen LogP) is 7.64. The van der Waals surface area contributed by atoms with Gasteiger partial charge in [-0.1, -0.05) is 42.5 Å². The first kappa shape index (κ1) is 25.7. The molecule has 0 aliphatic carbocycles. The lowest BCUT2D eigenvalue weighted by Crippen LogP contribution is -2.33. The van der Waals surface area contributed by atoms with Crippen molar-refractivity contribution < 1.29 is 31.1 Å². The van der Waals surface area contributed by atoms with Crippen LogP contribution in [0, 0.1) is 0 Å². The van der Waals surface area contributed by atoms with E-state index in [2.05, 4.69) is 5.32 Å². The van der Waals surface area contributed by atoms with Crippen molar-refractivity contribution in [3.05, 3.63) is 107 Å². The smallest absolute Gasteiger partial charge is 0.374 e. The normalized spacial score (nSPS) is 17.2. The molecule has 0 fully saturated rings. The van der Waals surface area contributed by atoms with Crippen LogP contribution >= 0.6 is 11.8 Å². The summed E-state index contributed by atoms with van der Waals surface area (Å²) in [6.45, 7) is 1.85. The zero-order chi connectivity index (χ0) is 26.1. The van der Waals surface area contributed by atoms with Gasteiger partial charge in [0.05, 0.1) is 17.3 Å². The number of carbonyl (C=O) groups excluding carboxylic acids is 1. The molecule has 10 heteroatoms. The van der Waals surface area contributed by atoms with E-state index in [9.17, 15) is 31.1 Å². The average molecular weight is 523 g/mol. The zero-order valence-electron chi connectivity index (χ0n) is 18.8. The van der Waals surface area contributed by atoms with Gasteiger partial charge in [-0.15, -0.1) is 0 Å². The predicted molar refractivity (Wildman–Crippen MR) is 126 cm³/mol. The first-order valence-electron chi connectivity index (χ1n) is 10.8. The topological polar surface area (TPSA) is 32.3 Å². The minimum absolute atomic E-state index is 0.0627. The van der Waals surface area contributed by atoms with Gasteiger partial charge in [-0.2, -0.15) is 26.3 Å². The standard InChI is InChI=1S/C26H20F6N2OS/c1-16(17-6-3-2-4-7-17)33-22-15-23(18-8-5-9-21(14-18)36-26(30,31)32)34(24(22)35)20-12-10-19(11-13-20)25(27,28)29/h2-16,23,33H,1H3/t16-,23?/m1/s1. The quantitative estimate of drug-likeness (QED) is 0.267. The third kappa shape index (κ3) is 5.87. The molecule has 0 saturated carbocycles. The summed E-state index contributed by atoms with van der Waals surface area (Å²) in [5.41, 5.74) is -3.69. The van der Waals surface area contributed by atoms with E-state index in [-0.39, 0.29) is 34.1 Å². The van der Waals surface area contributed by atoms with Crippen molar-refractivity contribution in [1.29, 1.82) is 0 Å². The number of alkyl halides is 6. The molecule has 1 aliphatic rings. The van der Waals surface area contributed by atoms with Crippen molar-refractivity contribution in [2.45, 2.75) is 35.6 Å². The van der Waals surface area contributed by atoms with Crippen molar-refractivity contribution in [2.24, 2.45) is 0 Å². The molecule has 36 heavy (non-hydrogen) atoms. The summed E-state index contributed by atoms with van der Waals surface area (Å²) in [6.07, 6.45) is -2.97. The molecule has 4 rings (SSSR count). The lowest BCUT2D eigenvalue weighted by Gasteiger charge is -2.26. The Bertz CT molecular complexity index is 1260. The van der Waals surface area contributed by atoms with Crippen molar-refractivity contribution in [1.82, 2.24) is 5.32 Å². The fourth-order valence-corrected chi connectivity index (χ4v) is 4.57. The molecule has 0 aromatic heterocycles. The van der Waals surface area contributed by atoms with Crippen LogP contribution < -0.4 is 10.2 Å². The van der Waals surface area contributed by atoms with Crippen molar-refractivity contribution in [3.63, 3.8) is 0 Å². The van der Waals surface area contributed by atoms with Crippen molar-refractivity contribution in [2.75, 3.05) is 4.90 Å². The fraction of sp³-hybridized carbons (Fsp3) is 0.192. The number of amides is 1. The van der Waals surface area contributed by atoms with Gasteiger partial charge < -0.3 is 5.32 Å². The number of rotatable bonds is 6. The molecule has 0 bridgehead atoms. The second kappa shape index (κ2) is 9.93. The van der Waals surface area contributed by atoms with E-state index in [0.717, 1.165) is 17.7 Å². The summed E-state index contributed by atoms with van der Waals surface area (Å²) in [6, 6.07) is 18.0. The third-order valence-corrected chi connectivity index (χ3v) is 6.35. The maximum Gasteiger partial charge on any atom is 0.446 e. The van der Waals surface area contributed by atoms with Crippen LogP contribution in [-0.2, 0) is 11.0 Å². The van der Waals surface area contributed by atoms with Crippen LogP contribution in [0.4, 0.5) is 32.0 Å². The molecule has 1 heterocycles. The Morgan fingerprint density at radius 1 is 0.889 bits per heavy atom. The highest BCUT2D eigenvalue weighted by molar-refractivity contribution is 8.00. The fourth-order valence-electron chi connectivity index (χ4n) is 3.96. The Morgan fingerprint density at radius 3 is 2.17 bits per heavy atom. The van der Waals surface area contributed by atoms with Gasteiger partial charge in [0.1, 0.15) is 0 Å². The van der Waals surface area contributed by atoms with Crippen LogP contribution in [0.3, 0.4) is 0 Å². The summed E-state index contributed by atoms with van der Waals surface area (Å²) in [4.78, 5) is 14.7. The molecule has 1 amide bonds. The minimum atomic E-state index is -4.55. The van der Waals surface area contributed by atoms with E-state index in [4.69, 9.17) is 0 Å². The highest BCUT2D eigenvalue weighted by Gasteiger charge is 2.37. The lowest BCUT2D eigenvalue weighted by atomic mass is 10.1. The van der Waals surface area contributed by atoms with E-state index >= 15 is 0 Å². The first-order chi connectivity index (χ1) is 16.9. The molecule has 0 radical (unpaired) electrons. The molecule has 3 aromatic carbocycles. The lowest BCUT2D eigenvalue weighted by molar-refractivity contribution is -0.137. The summed E-state index contributed by atoms with van der Waals surface area (Å²) in [5, 5.41) is 3.14. The maximum atomic E-state index is 13.4. The molecule has 0 spiro atoms. The van der Waals surface area contributed by atoms with Crippen molar-refractivity contribution >= 4 is 23.4 Å². The zero-order valence-corrected chi connectivity index (χ0v) is 19.6. The van der Waals surface area contributed by atoms with Gasteiger partial charge >= 0.3 is 11.7 Å². The number of thioether (sulfide) groups is 1. The maximum absolute atomic E-state index is 13.4. The number of benzene rings is 3. The third-order valence-electron chi connectivity index (χ3n) is 5.63. The molecule has 3 nitrogen and oxygen atoms in total. The summed E-state index contributed by atoms with van der Waals surface area (Å²) >= 11 is -0.280. The number of hydrogen-bond acceptors (Lipinski definition) is 3. The van der Waals surface area contributed by atoms with Gasteiger partial charge in [-0.3, -0.25) is 9.69 Å². The Balaban J connectivity index is 1.71. The molecular formula is C26H20F6N2OS. The van der Waals surface area contributed by atoms with Crippen LogP contribution in [0.25, 0.3) is 0 Å².